The van der Waals surface area contributed by atoms with Gasteiger partial charge in [-0.25, -0.2) is 0 Å². The molecular weight excluding hydrogens is 466 g/mol. The molecule has 5 heteroatoms. The van der Waals surface area contributed by atoms with Gasteiger partial charge in [0.15, 0.2) is 0 Å². The van der Waals surface area contributed by atoms with Gasteiger partial charge in [0.2, 0.25) is 0 Å². The van der Waals surface area contributed by atoms with Crippen LogP contribution in [0.5, 0.6) is 0 Å². The summed E-state index contributed by atoms with van der Waals surface area (Å²) in [6.07, 6.45) is 3.85. The molecule has 0 unspecified atom stereocenters. The van der Waals surface area contributed by atoms with Crippen LogP contribution in [-0.2, 0) is 0 Å². The molecule has 38 heavy (non-hydrogen) atoms. The van der Waals surface area contributed by atoms with Gasteiger partial charge in [-0.3, -0.25) is 0 Å². The van der Waals surface area contributed by atoms with Crippen LogP contribution >= 0.6 is 0 Å². The lowest BCUT2D eigenvalue weighted by molar-refractivity contribution is 0.866. The Morgan fingerprint density at radius 2 is 1.29 bits per heavy atom. The standard InChI is InChI=1S/C33H31N5/c1-5-38(6-2)30-17-12-25(13-18-30)14-21-31(26-15-19-29(20-16-26)37(3)4)32(24-36)33(28(22-34)23-35)27-10-8-7-9-11-27/h7-21H,5-6H2,1-4H3/b21-14+,32-31-. The van der Waals surface area contributed by atoms with E-state index in [1.54, 1.807) is 0 Å². The molecular formula is C33H31N5. The smallest absolute Gasteiger partial charge is 0.138 e. The van der Waals surface area contributed by atoms with Crippen LogP contribution in [0.15, 0.2) is 96.1 Å². The predicted octanol–water partition coefficient (Wildman–Crippen LogP) is 7.09. The summed E-state index contributed by atoms with van der Waals surface area (Å²) in [6.45, 7) is 6.13. The minimum atomic E-state index is -0.105. The number of nitriles is 3. The molecule has 0 heterocycles. The van der Waals surface area contributed by atoms with Gasteiger partial charge in [-0.2, -0.15) is 15.8 Å². The van der Waals surface area contributed by atoms with Crippen molar-refractivity contribution >= 4 is 28.6 Å². The van der Waals surface area contributed by atoms with Crippen molar-refractivity contribution < 1.29 is 0 Å². The maximum Gasteiger partial charge on any atom is 0.138 e. The van der Waals surface area contributed by atoms with Gasteiger partial charge in [-0.15, -0.1) is 0 Å². The van der Waals surface area contributed by atoms with Crippen molar-refractivity contribution in [3.05, 3.63) is 113 Å². The zero-order chi connectivity index (χ0) is 27.5. The number of hydrogen-bond acceptors (Lipinski definition) is 5. The summed E-state index contributed by atoms with van der Waals surface area (Å²) >= 11 is 0. The van der Waals surface area contributed by atoms with Crippen LogP contribution in [0.1, 0.15) is 30.5 Å². The molecule has 3 aromatic rings. The summed E-state index contributed by atoms with van der Waals surface area (Å²) in [5, 5.41) is 30.0. The molecule has 0 aliphatic heterocycles. The van der Waals surface area contributed by atoms with Crippen LogP contribution in [0.2, 0.25) is 0 Å². The van der Waals surface area contributed by atoms with Crippen molar-refractivity contribution in [2.75, 3.05) is 37.0 Å². The lowest BCUT2D eigenvalue weighted by Crippen LogP contribution is -2.21. The van der Waals surface area contributed by atoms with E-state index >= 15 is 0 Å². The van der Waals surface area contributed by atoms with E-state index in [9.17, 15) is 15.8 Å². The van der Waals surface area contributed by atoms with Crippen molar-refractivity contribution in [3.63, 3.8) is 0 Å². The van der Waals surface area contributed by atoms with Gasteiger partial charge in [0.05, 0.1) is 5.57 Å². The second-order valence-corrected chi connectivity index (χ2v) is 8.78. The molecule has 0 bridgehead atoms. The molecule has 0 aliphatic rings. The molecule has 0 N–H and O–H groups in total. The van der Waals surface area contributed by atoms with Gasteiger partial charge in [0, 0.05) is 49.7 Å². The van der Waals surface area contributed by atoms with Crippen LogP contribution in [0, 0.1) is 34.0 Å². The highest BCUT2D eigenvalue weighted by molar-refractivity contribution is 6.00. The molecule has 0 aliphatic carbocycles. The SMILES string of the molecule is CCN(CC)c1ccc(/C=C/C(=C(\C#N)C(=C(C#N)C#N)c2ccccc2)c2ccc(N(C)C)cc2)cc1. The van der Waals surface area contributed by atoms with E-state index in [4.69, 9.17) is 0 Å². The Morgan fingerprint density at radius 1 is 0.711 bits per heavy atom. The van der Waals surface area contributed by atoms with Gasteiger partial charge < -0.3 is 9.80 Å². The van der Waals surface area contributed by atoms with E-state index in [-0.39, 0.29) is 11.1 Å². The summed E-state index contributed by atoms with van der Waals surface area (Å²) < 4.78 is 0. The molecule has 0 amide bonds. The Morgan fingerprint density at radius 3 is 1.79 bits per heavy atom. The van der Waals surface area contributed by atoms with Crippen LogP contribution in [0.25, 0.3) is 17.2 Å². The highest BCUT2D eigenvalue weighted by Crippen LogP contribution is 2.34. The largest absolute Gasteiger partial charge is 0.378 e. The van der Waals surface area contributed by atoms with E-state index in [2.05, 4.69) is 36.9 Å². The fourth-order valence-corrected chi connectivity index (χ4v) is 4.23. The van der Waals surface area contributed by atoms with E-state index in [0.717, 1.165) is 35.6 Å². The minimum absolute atomic E-state index is 0.105. The van der Waals surface area contributed by atoms with Crippen LogP contribution in [-0.4, -0.2) is 27.2 Å². The first-order valence-corrected chi connectivity index (χ1v) is 12.5. The van der Waals surface area contributed by atoms with Gasteiger partial charge in [0.25, 0.3) is 0 Å². The monoisotopic (exact) mass is 497 g/mol. The molecule has 0 atom stereocenters. The normalized spacial score (nSPS) is 11.1. The van der Waals surface area contributed by atoms with Crippen molar-refractivity contribution in [1.29, 1.82) is 15.8 Å². The van der Waals surface area contributed by atoms with Crippen LogP contribution in [0.4, 0.5) is 11.4 Å². The number of hydrogen-bond donors (Lipinski definition) is 0. The third kappa shape index (κ3) is 6.38. The van der Waals surface area contributed by atoms with Crippen LogP contribution in [0.3, 0.4) is 0 Å². The average molecular weight is 498 g/mol. The lowest BCUT2D eigenvalue weighted by Gasteiger charge is -2.20. The van der Waals surface area contributed by atoms with Crippen molar-refractivity contribution in [1.82, 2.24) is 0 Å². The van der Waals surface area contributed by atoms with E-state index < -0.39 is 0 Å². The number of benzene rings is 3. The molecule has 5 nitrogen and oxygen atoms in total. The summed E-state index contributed by atoms with van der Waals surface area (Å²) in [4.78, 5) is 4.28. The molecule has 0 fully saturated rings. The average Bonchev–Trinajstić information content (AvgIpc) is 2.96. The van der Waals surface area contributed by atoms with Crippen molar-refractivity contribution in [2.45, 2.75) is 13.8 Å². The second-order valence-electron chi connectivity index (χ2n) is 8.78. The minimum Gasteiger partial charge on any atom is -0.378 e. The third-order valence-electron chi connectivity index (χ3n) is 6.33. The zero-order valence-corrected chi connectivity index (χ0v) is 22.3. The summed E-state index contributed by atoms with van der Waals surface area (Å²) in [5.74, 6) is 0. The maximum absolute atomic E-state index is 10.4. The van der Waals surface area contributed by atoms with Gasteiger partial charge in [-0.1, -0.05) is 66.7 Å². The molecule has 0 radical (unpaired) electrons. The molecule has 3 aromatic carbocycles. The molecule has 188 valence electrons. The molecule has 0 aromatic heterocycles. The fourth-order valence-electron chi connectivity index (χ4n) is 4.23. The first-order chi connectivity index (χ1) is 18.5. The topological polar surface area (TPSA) is 77.8 Å². The molecule has 0 spiro atoms. The Kier molecular flexibility index (Phi) is 9.65. The van der Waals surface area contributed by atoms with Crippen molar-refractivity contribution in [3.8, 4) is 18.2 Å². The number of rotatable bonds is 9. The Hall–Kier alpha value is -5.05. The van der Waals surface area contributed by atoms with Crippen LogP contribution < -0.4 is 9.80 Å². The number of nitrogens with zero attached hydrogens (tertiary/aromatic N) is 5. The summed E-state index contributed by atoms with van der Waals surface area (Å²) in [5.41, 5.74) is 5.73. The first-order valence-electron chi connectivity index (χ1n) is 12.5. The second kappa shape index (κ2) is 13.3. The maximum atomic E-state index is 10.4. The predicted molar refractivity (Wildman–Crippen MR) is 157 cm³/mol. The van der Waals surface area contributed by atoms with E-state index in [1.165, 1.54) is 0 Å². The Balaban J connectivity index is 2.24. The quantitative estimate of drug-likeness (QED) is 0.233. The Bertz CT molecular complexity index is 1430. The highest BCUT2D eigenvalue weighted by atomic mass is 15.1. The zero-order valence-electron chi connectivity index (χ0n) is 22.3. The molecule has 0 saturated carbocycles. The Labute approximate surface area is 226 Å². The molecule has 0 saturated heterocycles. The van der Waals surface area contributed by atoms with E-state index in [0.29, 0.717) is 16.7 Å². The lowest BCUT2D eigenvalue weighted by atomic mass is 9.88. The van der Waals surface area contributed by atoms with Crippen molar-refractivity contribution in [2.24, 2.45) is 0 Å². The fraction of sp³-hybridized carbons (Fsp3) is 0.182. The van der Waals surface area contributed by atoms with Gasteiger partial charge in [-0.05, 0) is 54.8 Å². The summed E-state index contributed by atoms with van der Waals surface area (Å²) in [7, 11) is 3.94. The third-order valence-corrected chi connectivity index (χ3v) is 6.33. The van der Waals surface area contributed by atoms with E-state index in [1.807, 2.05) is 110 Å². The van der Waals surface area contributed by atoms with Gasteiger partial charge >= 0.3 is 0 Å². The number of allylic oxidation sites excluding steroid dienone is 5. The first kappa shape index (κ1) is 27.5. The summed E-state index contributed by atoms with van der Waals surface area (Å²) in [6, 6.07) is 31.6. The highest BCUT2D eigenvalue weighted by Gasteiger charge is 2.19. The van der Waals surface area contributed by atoms with Gasteiger partial charge in [0.1, 0.15) is 23.8 Å². The molecule has 3 rings (SSSR count). The number of anilines is 2.